The van der Waals surface area contributed by atoms with Crippen molar-refractivity contribution < 1.29 is 9.50 Å². The van der Waals surface area contributed by atoms with Crippen molar-refractivity contribution in [2.45, 2.75) is 38.3 Å². The molecule has 0 aromatic carbocycles. The molecule has 0 bridgehead atoms. The molecule has 0 aliphatic heterocycles. The molecular formula is C10H17FO. The molecule has 1 N–H and O–H groups in total. The highest BCUT2D eigenvalue weighted by atomic mass is 19.1. The average molecular weight is 172 g/mol. The molecule has 0 amide bonds. The van der Waals surface area contributed by atoms with Gasteiger partial charge in [0.15, 0.2) is 0 Å². The highest BCUT2D eigenvalue weighted by Gasteiger charge is 2.54. The minimum Gasteiger partial charge on any atom is -0.396 e. The predicted molar refractivity (Wildman–Crippen MR) is 45.5 cm³/mol. The molecule has 0 radical (unpaired) electrons. The van der Waals surface area contributed by atoms with Crippen molar-refractivity contribution in [2.24, 2.45) is 17.8 Å². The molecule has 1 nitrogen and oxygen atoms in total. The number of hydrogen-bond donors (Lipinski definition) is 1. The van der Waals surface area contributed by atoms with Crippen LogP contribution in [0.1, 0.15) is 32.1 Å². The molecule has 0 spiro atoms. The van der Waals surface area contributed by atoms with Crippen LogP contribution in [0.15, 0.2) is 0 Å². The number of aliphatic hydroxyl groups is 1. The van der Waals surface area contributed by atoms with E-state index in [9.17, 15) is 4.39 Å². The van der Waals surface area contributed by atoms with Crippen molar-refractivity contribution in [2.75, 3.05) is 6.61 Å². The normalized spacial score (nSPS) is 43.0. The fourth-order valence-corrected chi connectivity index (χ4v) is 2.71. The number of hydrogen-bond acceptors (Lipinski definition) is 1. The van der Waals surface area contributed by atoms with Crippen LogP contribution < -0.4 is 0 Å². The number of alkyl halides is 1. The van der Waals surface area contributed by atoms with Crippen molar-refractivity contribution in [1.29, 1.82) is 0 Å². The van der Waals surface area contributed by atoms with Crippen molar-refractivity contribution in [3.63, 3.8) is 0 Å². The third-order valence-electron chi connectivity index (χ3n) is 3.54. The second-order valence-electron chi connectivity index (χ2n) is 4.27. The minimum absolute atomic E-state index is 0.00639. The smallest absolute Gasteiger partial charge is 0.109 e. The molecule has 2 saturated carbocycles. The lowest BCUT2D eigenvalue weighted by molar-refractivity contribution is 0.241. The fraction of sp³-hybridized carbons (Fsp3) is 1.00. The summed E-state index contributed by atoms with van der Waals surface area (Å²) in [4.78, 5) is 0. The second-order valence-corrected chi connectivity index (χ2v) is 4.27. The largest absolute Gasteiger partial charge is 0.396 e. The first kappa shape index (κ1) is 8.49. The van der Waals surface area contributed by atoms with Crippen LogP contribution in [0.3, 0.4) is 0 Å². The molecule has 2 aliphatic rings. The lowest BCUT2D eigenvalue weighted by atomic mass is 9.85. The maximum absolute atomic E-state index is 13.1. The summed E-state index contributed by atoms with van der Waals surface area (Å²) in [6.07, 6.45) is 5.57. The van der Waals surface area contributed by atoms with Crippen molar-refractivity contribution in [3.8, 4) is 0 Å². The summed E-state index contributed by atoms with van der Waals surface area (Å²) in [5, 5.41) is 8.84. The Morgan fingerprint density at radius 1 is 1.17 bits per heavy atom. The lowest BCUT2D eigenvalue weighted by Crippen LogP contribution is -2.10. The van der Waals surface area contributed by atoms with Gasteiger partial charge in [-0.05, 0) is 5.92 Å². The summed E-state index contributed by atoms with van der Waals surface area (Å²) in [7, 11) is 0. The number of aliphatic hydroxyl groups excluding tert-OH is 1. The topological polar surface area (TPSA) is 20.2 Å². The maximum atomic E-state index is 13.1. The van der Waals surface area contributed by atoms with Gasteiger partial charge in [-0.2, -0.15) is 0 Å². The quantitative estimate of drug-likeness (QED) is 0.676. The van der Waals surface area contributed by atoms with Crippen molar-refractivity contribution in [3.05, 3.63) is 0 Å². The van der Waals surface area contributed by atoms with E-state index >= 15 is 0 Å². The monoisotopic (exact) mass is 172 g/mol. The van der Waals surface area contributed by atoms with Gasteiger partial charge in [0, 0.05) is 18.4 Å². The minimum atomic E-state index is -0.682. The van der Waals surface area contributed by atoms with E-state index in [1.807, 2.05) is 0 Å². The summed E-state index contributed by atoms with van der Waals surface area (Å²) in [6.45, 7) is 0.0579. The van der Waals surface area contributed by atoms with E-state index in [1.54, 1.807) is 0 Å². The number of rotatable bonds is 2. The summed E-state index contributed by atoms with van der Waals surface area (Å²) >= 11 is 0. The van der Waals surface area contributed by atoms with Crippen LogP contribution >= 0.6 is 0 Å². The molecule has 2 fully saturated rings. The van der Waals surface area contributed by atoms with Crippen LogP contribution in [0, 0.1) is 17.8 Å². The van der Waals surface area contributed by atoms with Crippen molar-refractivity contribution >= 4 is 0 Å². The Morgan fingerprint density at radius 3 is 2.33 bits per heavy atom. The third kappa shape index (κ3) is 1.37. The van der Waals surface area contributed by atoms with Gasteiger partial charge < -0.3 is 5.11 Å². The Morgan fingerprint density at radius 2 is 1.83 bits per heavy atom. The molecule has 0 heterocycles. The Hall–Kier alpha value is -0.110. The zero-order valence-electron chi connectivity index (χ0n) is 7.38. The molecule has 0 saturated heterocycles. The van der Waals surface area contributed by atoms with Crippen LogP contribution in [0.2, 0.25) is 0 Å². The number of halogens is 1. The molecule has 2 aliphatic carbocycles. The van der Waals surface area contributed by atoms with Crippen LogP contribution in [0.4, 0.5) is 4.39 Å². The van der Waals surface area contributed by atoms with Crippen LogP contribution in [-0.2, 0) is 0 Å². The summed E-state index contributed by atoms with van der Waals surface area (Å²) in [5.74, 6) is 0.800. The highest BCUT2D eigenvalue weighted by Crippen LogP contribution is 2.51. The van der Waals surface area contributed by atoms with E-state index in [0.717, 1.165) is 0 Å². The first-order valence-corrected chi connectivity index (χ1v) is 5.09. The van der Waals surface area contributed by atoms with Gasteiger partial charge in [0.1, 0.15) is 6.17 Å². The molecule has 2 heteroatoms. The van der Waals surface area contributed by atoms with E-state index in [4.69, 9.17) is 5.11 Å². The first-order chi connectivity index (χ1) is 5.84. The Bertz CT molecular complexity index is 154. The predicted octanol–water partition coefficient (Wildman–Crippen LogP) is 2.14. The SMILES string of the molecule is OCC1C(F)C1C1CCCCC1. The Labute approximate surface area is 73.0 Å². The van der Waals surface area contributed by atoms with E-state index in [-0.39, 0.29) is 18.4 Å². The van der Waals surface area contributed by atoms with Gasteiger partial charge in [0.25, 0.3) is 0 Å². The van der Waals surface area contributed by atoms with Crippen LogP contribution in [-0.4, -0.2) is 17.9 Å². The highest BCUT2D eigenvalue weighted by molar-refractivity contribution is 5.01. The van der Waals surface area contributed by atoms with E-state index in [0.29, 0.717) is 5.92 Å². The summed E-state index contributed by atoms with van der Waals surface area (Å²) in [5.41, 5.74) is 0. The second kappa shape index (κ2) is 3.33. The fourth-order valence-electron chi connectivity index (χ4n) is 2.71. The van der Waals surface area contributed by atoms with Crippen LogP contribution in [0.25, 0.3) is 0 Å². The zero-order valence-corrected chi connectivity index (χ0v) is 7.38. The average Bonchev–Trinajstić information content (AvgIpc) is 2.78. The van der Waals surface area contributed by atoms with E-state index in [2.05, 4.69) is 0 Å². The standard InChI is InChI=1S/C10H17FO/c11-10-8(6-12)9(10)7-4-2-1-3-5-7/h7-10,12H,1-6H2. The van der Waals surface area contributed by atoms with Gasteiger partial charge in [0.2, 0.25) is 0 Å². The van der Waals surface area contributed by atoms with Crippen molar-refractivity contribution in [1.82, 2.24) is 0 Å². The summed E-state index contributed by atoms with van der Waals surface area (Å²) in [6, 6.07) is 0. The maximum Gasteiger partial charge on any atom is 0.109 e. The van der Waals surface area contributed by atoms with Gasteiger partial charge in [-0.3, -0.25) is 0 Å². The first-order valence-electron chi connectivity index (χ1n) is 5.09. The summed E-state index contributed by atoms with van der Waals surface area (Å²) < 4.78 is 13.1. The zero-order chi connectivity index (χ0) is 8.55. The Balaban J connectivity index is 1.85. The molecule has 3 unspecified atom stereocenters. The van der Waals surface area contributed by atoms with Crippen LogP contribution in [0.5, 0.6) is 0 Å². The molecule has 3 atom stereocenters. The van der Waals surface area contributed by atoms with Gasteiger partial charge in [-0.15, -0.1) is 0 Å². The van der Waals surface area contributed by atoms with E-state index in [1.165, 1.54) is 32.1 Å². The molecule has 0 aromatic rings. The molecular weight excluding hydrogens is 155 g/mol. The molecule has 2 rings (SSSR count). The Kier molecular flexibility index (Phi) is 2.35. The molecule has 12 heavy (non-hydrogen) atoms. The lowest BCUT2D eigenvalue weighted by Gasteiger charge is -2.21. The third-order valence-corrected chi connectivity index (χ3v) is 3.54. The van der Waals surface area contributed by atoms with E-state index < -0.39 is 6.17 Å². The van der Waals surface area contributed by atoms with Gasteiger partial charge in [0.05, 0.1) is 0 Å². The van der Waals surface area contributed by atoms with Gasteiger partial charge in [-0.1, -0.05) is 32.1 Å². The molecule has 0 aromatic heterocycles. The molecule has 70 valence electrons. The van der Waals surface area contributed by atoms with Gasteiger partial charge >= 0.3 is 0 Å². The van der Waals surface area contributed by atoms with Gasteiger partial charge in [-0.25, -0.2) is 4.39 Å².